The summed E-state index contributed by atoms with van der Waals surface area (Å²) in [6, 6.07) is 13.3. The number of nitrogens with zero attached hydrogens (tertiary/aromatic N) is 1. The van der Waals surface area contributed by atoms with E-state index >= 15 is 0 Å². The van der Waals surface area contributed by atoms with Gasteiger partial charge >= 0.3 is 0 Å². The van der Waals surface area contributed by atoms with Crippen molar-refractivity contribution in [2.45, 2.75) is 6.61 Å². The highest BCUT2D eigenvalue weighted by Crippen LogP contribution is 2.20. The maximum atomic E-state index is 13.7. The van der Waals surface area contributed by atoms with Gasteiger partial charge in [-0.05, 0) is 24.3 Å². The second kappa shape index (κ2) is 7.09. The normalized spacial score (nSPS) is 9.38. The van der Waals surface area contributed by atoms with Gasteiger partial charge in [0, 0.05) is 11.1 Å². The van der Waals surface area contributed by atoms with Crippen LogP contribution in [0.15, 0.2) is 42.5 Å². The lowest BCUT2D eigenvalue weighted by molar-refractivity contribution is 0.290. The Morgan fingerprint density at radius 1 is 1.19 bits per heavy atom. The van der Waals surface area contributed by atoms with Crippen molar-refractivity contribution in [2.75, 3.05) is 6.61 Å². The number of hydrogen-bond donors (Lipinski definition) is 1. The van der Waals surface area contributed by atoms with E-state index < -0.39 is 5.82 Å². The minimum Gasteiger partial charge on any atom is -0.486 e. The number of aliphatic hydroxyl groups is 1. The Kier molecular flexibility index (Phi) is 4.93. The molecular weight excluding hydrogens is 269 g/mol. The first-order valence-corrected chi connectivity index (χ1v) is 6.24. The second-order valence-electron chi connectivity index (χ2n) is 4.16. The molecule has 0 atom stereocenters. The van der Waals surface area contributed by atoms with Crippen molar-refractivity contribution in [3.63, 3.8) is 0 Å². The van der Waals surface area contributed by atoms with E-state index in [9.17, 15) is 4.39 Å². The molecule has 21 heavy (non-hydrogen) atoms. The predicted octanol–water partition coefficient (Wildman–Crippen LogP) is 2.62. The molecule has 0 aliphatic rings. The molecule has 0 aliphatic carbocycles. The van der Waals surface area contributed by atoms with Gasteiger partial charge in [-0.2, -0.15) is 5.26 Å². The monoisotopic (exact) mass is 281 g/mol. The Labute approximate surface area is 122 Å². The third-order valence-electron chi connectivity index (χ3n) is 2.76. The Hall–Kier alpha value is -2.82. The molecule has 0 bridgehead atoms. The lowest BCUT2D eigenvalue weighted by Gasteiger charge is -2.08. The number of rotatable bonds is 3. The number of nitriles is 1. The highest BCUT2D eigenvalue weighted by Gasteiger charge is 2.06. The van der Waals surface area contributed by atoms with Gasteiger partial charge in [0.05, 0.1) is 11.6 Å². The molecule has 0 spiro atoms. The van der Waals surface area contributed by atoms with Crippen molar-refractivity contribution in [3.05, 3.63) is 65.0 Å². The number of halogens is 1. The Morgan fingerprint density at radius 3 is 2.76 bits per heavy atom. The molecule has 104 valence electrons. The van der Waals surface area contributed by atoms with E-state index in [0.717, 1.165) is 0 Å². The van der Waals surface area contributed by atoms with E-state index in [1.54, 1.807) is 24.3 Å². The van der Waals surface area contributed by atoms with Crippen molar-refractivity contribution in [1.29, 1.82) is 5.26 Å². The fourth-order valence-electron chi connectivity index (χ4n) is 1.74. The van der Waals surface area contributed by atoms with Crippen molar-refractivity contribution >= 4 is 0 Å². The molecule has 0 heterocycles. The van der Waals surface area contributed by atoms with E-state index in [0.29, 0.717) is 16.7 Å². The van der Waals surface area contributed by atoms with Gasteiger partial charge in [-0.3, -0.25) is 0 Å². The molecule has 0 saturated carbocycles. The summed E-state index contributed by atoms with van der Waals surface area (Å²) in [5.74, 6) is 4.73. The van der Waals surface area contributed by atoms with E-state index in [2.05, 4.69) is 17.9 Å². The van der Waals surface area contributed by atoms with Crippen LogP contribution in [0.3, 0.4) is 0 Å². The zero-order chi connectivity index (χ0) is 15.1. The molecule has 2 rings (SSSR count). The number of aliphatic hydroxyl groups excluding tert-OH is 1. The molecule has 2 aromatic rings. The third kappa shape index (κ3) is 3.82. The van der Waals surface area contributed by atoms with E-state index in [1.807, 2.05) is 0 Å². The minimum atomic E-state index is -0.501. The topological polar surface area (TPSA) is 53.2 Å². The van der Waals surface area contributed by atoms with Gasteiger partial charge < -0.3 is 9.84 Å². The van der Waals surface area contributed by atoms with Crippen LogP contribution in [-0.4, -0.2) is 11.7 Å². The van der Waals surface area contributed by atoms with Crippen LogP contribution in [0.2, 0.25) is 0 Å². The van der Waals surface area contributed by atoms with E-state index in [1.165, 1.54) is 18.2 Å². The average Bonchev–Trinajstić information content (AvgIpc) is 2.53. The number of ether oxygens (including phenoxy) is 1. The van der Waals surface area contributed by atoms with Crippen LogP contribution in [0.5, 0.6) is 5.75 Å². The van der Waals surface area contributed by atoms with Crippen LogP contribution in [0.4, 0.5) is 4.39 Å². The average molecular weight is 281 g/mol. The molecule has 1 N–H and O–H groups in total. The first kappa shape index (κ1) is 14.6. The summed E-state index contributed by atoms with van der Waals surface area (Å²) in [5, 5.41) is 17.6. The van der Waals surface area contributed by atoms with Crippen molar-refractivity contribution in [2.24, 2.45) is 0 Å². The summed E-state index contributed by atoms with van der Waals surface area (Å²) in [7, 11) is 0. The van der Waals surface area contributed by atoms with E-state index in [4.69, 9.17) is 15.1 Å². The summed E-state index contributed by atoms with van der Waals surface area (Å²) in [6.45, 7) is -0.166. The highest BCUT2D eigenvalue weighted by molar-refractivity contribution is 5.41. The van der Waals surface area contributed by atoms with E-state index in [-0.39, 0.29) is 19.0 Å². The molecular formula is C17H12FNO2. The zero-order valence-electron chi connectivity index (χ0n) is 11.1. The summed E-state index contributed by atoms with van der Waals surface area (Å²) >= 11 is 0. The van der Waals surface area contributed by atoms with Gasteiger partial charge in [0.2, 0.25) is 0 Å². The highest BCUT2D eigenvalue weighted by atomic mass is 19.1. The molecule has 3 nitrogen and oxygen atoms in total. The van der Waals surface area contributed by atoms with Crippen molar-refractivity contribution in [1.82, 2.24) is 0 Å². The van der Waals surface area contributed by atoms with Gasteiger partial charge in [-0.15, -0.1) is 0 Å². The fraction of sp³-hybridized carbons (Fsp3) is 0.118. The first-order valence-electron chi connectivity index (χ1n) is 6.24. The van der Waals surface area contributed by atoms with Crippen LogP contribution in [0.1, 0.15) is 16.7 Å². The smallest absolute Gasteiger partial charge is 0.165 e. The molecule has 0 unspecified atom stereocenters. The minimum absolute atomic E-state index is 0.0625. The molecule has 0 radical (unpaired) electrons. The van der Waals surface area contributed by atoms with Crippen LogP contribution in [-0.2, 0) is 6.61 Å². The molecule has 0 aliphatic heterocycles. The summed E-state index contributed by atoms with van der Waals surface area (Å²) in [6.07, 6.45) is 0. The van der Waals surface area contributed by atoms with Gasteiger partial charge in [0.1, 0.15) is 13.2 Å². The van der Waals surface area contributed by atoms with Crippen LogP contribution < -0.4 is 4.74 Å². The van der Waals surface area contributed by atoms with Crippen LogP contribution in [0.25, 0.3) is 0 Å². The number of benzene rings is 2. The van der Waals surface area contributed by atoms with Gasteiger partial charge in [0.15, 0.2) is 11.6 Å². The largest absolute Gasteiger partial charge is 0.486 e. The summed E-state index contributed by atoms with van der Waals surface area (Å²) in [4.78, 5) is 0. The molecule has 0 amide bonds. The maximum absolute atomic E-state index is 13.7. The lowest BCUT2D eigenvalue weighted by Crippen LogP contribution is -2.00. The maximum Gasteiger partial charge on any atom is 0.165 e. The zero-order valence-corrected chi connectivity index (χ0v) is 11.1. The number of hydrogen-bond acceptors (Lipinski definition) is 3. The molecule has 2 aromatic carbocycles. The predicted molar refractivity (Wildman–Crippen MR) is 75.9 cm³/mol. The van der Waals surface area contributed by atoms with Crippen LogP contribution in [0, 0.1) is 29.0 Å². The van der Waals surface area contributed by atoms with Gasteiger partial charge in [-0.25, -0.2) is 4.39 Å². The first-order chi connectivity index (χ1) is 10.2. The third-order valence-corrected chi connectivity index (χ3v) is 2.76. The van der Waals surface area contributed by atoms with Gasteiger partial charge in [0.25, 0.3) is 0 Å². The second-order valence-corrected chi connectivity index (χ2v) is 4.16. The Morgan fingerprint density at radius 2 is 2.00 bits per heavy atom. The Bertz CT molecular complexity index is 738. The molecule has 0 aromatic heterocycles. The molecule has 0 saturated heterocycles. The molecule has 4 heteroatoms. The van der Waals surface area contributed by atoms with Crippen molar-refractivity contribution < 1.29 is 14.2 Å². The Balaban J connectivity index is 2.18. The van der Waals surface area contributed by atoms with Crippen LogP contribution >= 0.6 is 0 Å². The molecule has 0 fully saturated rings. The standard InChI is InChI=1S/C17H12FNO2/c18-16-8-7-13(4-3-9-20)10-17(16)21-12-15-6-2-1-5-14(15)11-19/h1-2,5-8,10,20H,9,12H2. The quantitative estimate of drug-likeness (QED) is 0.880. The fourth-order valence-corrected chi connectivity index (χ4v) is 1.74. The van der Waals surface area contributed by atoms with Gasteiger partial charge in [-0.1, -0.05) is 30.0 Å². The lowest BCUT2D eigenvalue weighted by atomic mass is 10.1. The SMILES string of the molecule is N#Cc1ccccc1COc1cc(C#CCO)ccc1F. The van der Waals surface area contributed by atoms with Crippen molar-refractivity contribution in [3.8, 4) is 23.7 Å². The summed E-state index contributed by atoms with van der Waals surface area (Å²) in [5.41, 5.74) is 1.73. The summed E-state index contributed by atoms with van der Waals surface area (Å²) < 4.78 is 19.1.